The van der Waals surface area contributed by atoms with E-state index in [-0.39, 0.29) is 11.9 Å². The molecule has 5 heteroatoms. The molecule has 1 aromatic heterocycles. The molecular weight excluding hydrogens is 326 g/mol. The molecule has 1 amide bonds. The smallest absolute Gasteiger partial charge is 0.225 e. The first-order chi connectivity index (χ1) is 12.4. The number of amides is 1. The van der Waals surface area contributed by atoms with E-state index >= 15 is 0 Å². The SMILES string of the molecule is CC(C)(C)C(=O)N[C@H](c1ccccn1)[C@@H]1CCCN(C[C@H]2CCOC2)C1. The number of ether oxygens (including phenoxy) is 1. The monoisotopic (exact) mass is 359 g/mol. The molecule has 3 atom stereocenters. The Morgan fingerprint density at radius 3 is 2.88 bits per heavy atom. The fourth-order valence-corrected chi connectivity index (χ4v) is 3.97. The number of carbonyl (C=O) groups is 1. The summed E-state index contributed by atoms with van der Waals surface area (Å²) in [6, 6.07) is 5.96. The first-order valence-corrected chi connectivity index (χ1v) is 9.95. The van der Waals surface area contributed by atoms with Crippen molar-refractivity contribution >= 4 is 5.91 Å². The van der Waals surface area contributed by atoms with E-state index in [9.17, 15) is 4.79 Å². The molecule has 0 unspecified atom stereocenters. The first-order valence-electron chi connectivity index (χ1n) is 9.95. The van der Waals surface area contributed by atoms with Gasteiger partial charge in [0.2, 0.25) is 5.91 Å². The van der Waals surface area contributed by atoms with Gasteiger partial charge in [0.05, 0.1) is 18.3 Å². The molecule has 0 bridgehead atoms. The summed E-state index contributed by atoms with van der Waals surface area (Å²) in [6.45, 7) is 11.0. The zero-order valence-corrected chi connectivity index (χ0v) is 16.4. The van der Waals surface area contributed by atoms with Crippen molar-refractivity contribution in [1.82, 2.24) is 15.2 Å². The Morgan fingerprint density at radius 1 is 1.38 bits per heavy atom. The molecule has 3 rings (SSSR count). The maximum atomic E-state index is 12.7. The third kappa shape index (κ3) is 5.04. The molecule has 3 heterocycles. The highest BCUT2D eigenvalue weighted by molar-refractivity contribution is 5.81. The van der Waals surface area contributed by atoms with Crippen LogP contribution in [0, 0.1) is 17.3 Å². The van der Waals surface area contributed by atoms with Crippen molar-refractivity contribution in [2.24, 2.45) is 17.3 Å². The van der Waals surface area contributed by atoms with Crippen LogP contribution in [0.15, 0.2) is 24.4 Å². The molecule has 1 aromatic rings. The van der Waals surface area contributed by atoms with Gasteiger partial charge in [-0.05, 0) is 49.8 Å². The number of nitrogens with one attached hydrogen (secondary N) is 1. The molecule has 0 saturated carbocycles. The van der Waals surface area contributed by atoms with Crippen LogP contribution in [0.3, 0.4) is 0 Å². The fraction of sp³-hybridized carbons (Fsp3) is 0.714. The van der Waals surface area contributed by atoms with Crippen LogP contribution in [-0.2, 0) is 9.53 Å². The minimum atomic E-state index is -0.400. The number of likely N-dealkylation sites (tertiary alicyclic amines) is 1. The molecule has 5 nitrogen and oxygen atoms in total. The predicted octanol–water partition coefficient (Wildman–Crippen LogP) is 3.03. The highest BCUT2D eigenvalue weighted by Crippen LogP contribution is 2.31. The molecule has 2 aliphatic rings. The van der Waals surface area contributed by atoms with E-state index in [0.29, 0.717) is 11.8 Å². The van der Waals surface area contributed by atoms with Crippen LogP contribution in [0.5, 0.6) is 0 Å². The molecule has 144 valence electrons. The Hall–Kier alpha value is -1.46. The second-order valence-corrected chi connectivity index (χ2v) is 8.85. The largest absolute Gasteiger partial charge is 0.381 e. The van der Waals surface area contributed by atoms with Gasteiger partial charge in [-0.2, -0.15) is 0 Å². The Bertz CT molecular complexity index is 579. The third-order valence-electron chi connectivity index (χ3n) is 5.53. The summed E-state index contributed by atoms with van der Waals surface area (Å²) in [6.07, 6.45) is 5.30. The lowest BCUT2D eigenvalue weighted by Crippen LogP contribution is -2.46. The lowest BCUT2D eigenvalue weighted by Gasteiger charge is -2.38. The second kappa shape index (κ2) is 8.49. The van der Waals surface area contributed by atoms with E-state index in [1.165, 1.54) is 12.8 Å². The molecule has 26 heavy (non-hydrogen) atoms. The van der Waals surface area contributed by atoms with Gasteiger partial charge in [0.1, 0.15) is 0 Å². The second-order valence-electron chi connectivity index (χ2n) is 8.85. The van der Waals surface area contributed by atoms with Crippen molar-refractivity contribution < 1.29 is 9.53 Å². The topological polar surface area (TPSA) is 54.5 Å². The molecule has 2 saturated heterocycles. The van der Waals surface area contributed by atoms with Crippen LogP contribution in [0.25, 0.3) is 0 Å². The molecule has 0 aliphatic carbocycles. The van der Waals surface area contributed by atoms with E-state index in [4.69, 9.17) is 4.74 Å². The average Bonchev–Trinajstić information content (AvgIpc) is 3.12. The molecule has 1 N–H and O–H groups in total. The van der Waals surface area contributed by atoms with Gasteiger partial charge in [0.25, 0.3) is 0 Å². The minimum Gasteiger partial charge on any atom is -0.381 e. The molecule has 2 aliphatic heterocycles. The quantitative estimate of drug-likeness (QED) is 0.878. The Labute approximate surface area is 157 Å². The lowest BCUT2D eigenvalue weighted by molar-refractivity contribution is -0.130. The van der Waals surface area contributed by atoms with E-state index in [1.807, 2.05) is 45.2 Å². The summed E-state index contributed by atoms with van der Waals surface area (Å²) in [5.41, 5.74) is 0.573. The average molecular weight is 360 g/mol. The van der Waals surface area contributed by atoms with Crippen molar-refractivity contribution in [2.45, 2.75) is 46.1 Å². The van der Waals surface area contributed by atoms with E-state index in [1.54, 1.807) is 0 Å². The van der Waals surface area contributed by atoms with Gasteiger partial charge in [-0.25, -0.2) is 0 Å². The summed E-state index contributed by atoms with van der Waals surface area (Å²) in [5, 5.41) is 3.30. The highest BCUT2D eigenvalue weighted by Gasteiger charge is 2.33. The van der Waals surface area contributed by atoms with Gasteiger partial charge in [-0.15, -0.1) is 0 Å². The van der Waals surface area contributed by atoms with Gasteiger partial charge in [0.15, 0.2) is 0 Å². The van der Waals surface area contributed by atoms with Crippen LogP contribution in [0.1, 0.15) is 51.8 Å². The standard InChI is InChI=1S/C21H33N3O2/c1-21(2,3)20(25)23-19(18-8-4-5-10-22-18)17-7-6-11-24(14-17)13-16-9-12-26-15-16/h4-5,8,10,16-17,19H,6-7,9,11-15H2,1-3H3,(H,23,25)/t16-,17-,19+/m1/s1. The number of rotatable bonds is 5. The first kappa shape index (κ1) is 19.3. The number of pyridine rings is 1. The summed E-state index contributed by atoms with van der Waals surface area (Å²) in [4.78, 5) is 19.8. The summed E-state index contributed by atoms with van der Waals surface area (Å²) >= 11 is 0. The fourth-order valence-electron chi connectivity index (χ4n) is 3.97. The van der Waals surface area contributed by atoms with Crippen LogP contribution in [0.4, 0.5) is 0 Å². The van der Waals surface area contributed by atoms with E-state index in [2.05, 4.69) is 15.2 Å². The lowest BCUT2D eigenvalue weighted by atomic mass is 9.86. The Kier molecular flexibility index (Phi) is 6.30. The van der Waals surface area contributed by atoms with Gasteiger partial charge in [-0.3, -0.25) is 9.78 Å². The summed E-state index contributed by atoms with van der Waals surface area (Å²) in [7, 11) is 0. The maximum Gasteiger partial charge on any atom is 0.225 e. The number of nitrogens with zero attached hydrogens (tertiary/aromatic N) is 2. The van der Waals surface area contributed by atoms with Crippen LogP contribution < -0.4 is 5.32 Å². The predicted molar refractivity (Wildman–Crippen MR) is 103 cm³/mol. The Morgan fingerprint density at radius 2 is 2.23 bits per heavy atom. The molecule has 0 radical (unpaired) electrons. The van der Waals surface area contributed by atoms with E-state index < -0.39 is 5.41 Å². The molecule has 0 spiro atoms. The zero-order chi connectivity index (χ0) is 18.6. The normalized spacial score (nSPS) is 25.8. The number of hydrogen-bond acceptors (Lipinski definition) is 4. The summed E-state index contributed by atoms with van der Waals surface area (Å²) in [5.74, 6) is 1.15. The zero-order valence-electron chi connectivity index (χ0n) is 16.4. The van der Waals surface area contributed by atoms with Gasteiger partial charge >= 0.3 is 0 Å². The molecule has 0 aromatic carbocycles. The van der Waals surface area contributed by atoms with E-state index in [0.717, 1.165) is 45.0 Å². The third-order valence-corrected chi connectivity index (χ3v) is 5.53. The number of aromatic nitrogens is 1. The molecular formula is C21H33N3O2. The van der Waals surface area contributed by atoms with Crippen molar-refractivity contribution in [3.8, 4) is 0 Å². The van der Waals surface area contributed by atoms with Crippen molar-refractivity contribution in [2.75, 3.05) is 32.8 Å². The van der Waals surface area contributed by atoms with Gasteiger partial charge in [-0.1, -0.05) is 26.8 Å². The van der Waals surface area contributed by atoms with Crippen molar-refractivity contribution in [1.29, 1.82) is 0 Å². The van der Waals surface area contributed by atoms with Gasteiger partial charge in [0, 0.05) is 31.3 Å². The van der Waals surface area contributed by atoms with Crippen LogP contribution in [0.2, 0.25) is 0 Å². The highest BCUT2D eigenvalue weighted by atomic mass is 16.5. The Balaban J connectivity index is 1.71. The number of hydrogen-bond donors (Lipinski definition) is 1. The van der Waals surface area contributed by atoms with Crippen molar-refractivity contribution in [3.63, 3.8) is 0 Å². The summed E-state index contributed by atoms with van der Waals surface area (Å²) < 4.78 is 5.54. The minimum absolute atomic E-state index is 0.0226. The maximum absolute atomic E-state index is 12.7. The number of carbonyl (C=O) groups excluding carboxylic acids is 1. The van der Waals surface area contributed by atoms with Crippen molar-refractivity contribution in [3.05, 3.63) is 30.1 Å². The van der Waals surface area contributed by atoms with Crippen LogP contribution in [-0.4, -0.2) is 48.6 Å². The van der Waals surface area contributed by atoms with Gasteiger partial charge < -0.3 is 15.0 Å². The number of piperidine rings is 1. The molecule has 2 fully saturated rings. The van der Waals surface area contributed by atoms with Crippen LogP contribution >= 0.6 is 0 Å².